The molecule has 2 heteroatoms. The summed E-state index contributed by atoms with van der Waals surface area (Å²) in [6, 6.07) is 5.96. The Kier molecular flexibility index (Phi) is 8.41. The molecule has 2 rings (SSSR count). The molecule has 0 spiro atoms. The van der Waals surface area contributed by atoms with Crippen molar-refractivity contribution in [2.45, 2.75) is 41.0 Å². The van der Waals surface area contributed by atoms with E-state index >= 15 is 0 Å². The Balaban J connectivity index is 0.000000394. The molecular formula is C14H24O2. The second-order valence-corrected chi connectivity index (χ2v) is 3.35. The molecule has 0 radical (unpaired) electrons. The van der Waals surface area contributed by atoms with Gasteiger partial charge in [-0.25, -0.2) is 0 Å². The van der Waals surface area contributed by atoms with Crippen molar-refractivity contribution in [3.05, 3.63) is 23.8 Å². The van der Waals surface area contributed by atoms with Gasteiger partial charge in [-0.05, 0) is 24.6 Å². The number of hydrogen-bond acceptors (Lipinski definition) is 2. The van der Waals surface area contributed by atoms with Crippen LogP contribution in [0.15, 0.2) is 18.2 Å². The topological polar surface area (TPSA) is 18.5 Å². The van der Waals surface area contributed by atoms with Crippen LogP contribution in [0.5, 0.6) is 11.5 Å². The first-order valence-electron chi connectivity index (χ1n) is 6.14. The van der Waals surface area contributed by atoms with E-state index in [2.05, 4.69) is 13.8 Å². The van der Waals surface area contributed by atoms with Crippen LogP contribution in [0.3, 0.4) is 0 Å². The summed E-state index contributed by atoms with van der Waals surface area (Å²) in [7, 11) is 0. The molecule has 1 aliphatic rings. The molecule has 0 bridgehead atoms. The fourth-order valence-corrected chi connectivity index (χ4v) is 1.15. The minimum absolute atomic E-state index is 0.663. The predicted molar refractivity (Wildman–Crippen MR) is 69.5 cm³/mol. The molecule has 0 aliphatic carbocycles. The minimum Gasteiger partial charge on any atom is -0.486 e. The van der Waals surface area contributed by atoms with E-state index in [0.717, 1.165) is 11.5 Å². The predicted octanol–water partition coefficient (Wildman–Crippen LogP) is 4.21. The molecule has 0 unspecified atom stereocenters. The minimum atomic E-state index is 0.663. The van der Waals surface area contributed by atoms with Crippen molar-refractivity contribution in [2.24, 2.45) is 0 Å². The first kappa shape index (κ1) is 14.8. The summed E-state index contributed by atoms with van der Waals surface area (Å²) in [4.78, 5) is 0. The molecule has 0 saturated carbocycles. The molecule has 16 heavy (non-hydrogen) atoms. The van der Waals surface area contributed by atoms with Gasteiger partial charge in [-0.15, -0.1) is 0 Å². The van der Waals surface area contributed by atoms with E-state index in [1.807, 2.05) is 39.0 Å². The standard InChI is InChI=1S/C9H10O2.C3H8.C2H6/c1-7-2-3-8-9(6-7)11-5-4-10-8;1-3-2;1-2/h2-3,6H,4-5H2,1H3;3H2,1-2H3;1-2H3. The van der Waals surface area contributed by atoms with Crippen LogP contribution < -0.4 is 9.47 Å². The average molecular weight is 224 g/mol. The molecule has 0 amide bonds. The van der Waals surface area contributed by atoms with Crippen molar-refractivity contribution < 1.29 is 9.47 Å². The average Bonchev–Trinajstić information content (AvgIpc) is 2.32. The highest BCUT2D eigenvalue weighted by Gasteiger charge is 2.09. The number of aryl methyl sites for hydroxylation is 1. The van der Waals surface area contributed by atoms with Crippen molar-refractivity contribution >= 4 is 0 Å². The van der Waals surface area contributed by atoms with Gasteiger partial charge in [0.15, 0.2) is 11.5 Å². The van der Waals surface area contributed by atoms with Crippen LogP contribution in [-0.2, 0) is 0 Å². The summed E-state index contributed by atoms with van der Waals surface area (Å²) >= 11 is 0. The first-order chi connectivity index (χ1) is 7.77. The molecule has 0 saturated heterocycles. The highest BCUT2D eigenvalue weighted by Crippen LogP contribution is 2.30. The van der Waals surface area contributed by atoms with Gasteiger partial charge in [0.1, 0.15) is 13.2 Å². The summed E-state index contributed by atoms with van der Waals surface area (Å²) in [6.07, 6.45) is 1.25. The van der Waals surface area contributed by atoms with Gasteiger partial charge in [-0.2, -0.15) is 0 Å². The highest BCUT2D eigenvalue weighted by atomic mass is 16.6. The Hall–Kier alpha value is -1.18. The number of benzene rings is 1. The maximum absolute atomic E-state index is 5.38. The van der Waals surface area contributed by atoms with Crippen molar-refractivity contribution in [3.8, 4) is 11.5 Å². The largest absolute Gasteiger partial charge is 0.486 e. The molecule has 0 fully saturated rings. The van der Waals surface area contributed by atoms with Gasteiger partial charge >= 0.3 is 0 Å². The zero-order valence-electron chi connectivity index (χ0n) is 11.2. The lowest BCUT2D eigenvalue weighted by Gasteiger charge is -2.18. The number of fused-ring (bicyclic) bond motifs is 1. The van der Waals surface area contributed by atoms with Crippen LogP contribution in [0.1, 0.15) is 39.7 Å². The zero-order chi connectivity index (χ0) is 12.4. The third kappa shape index (κ3) is 5.06. The van der Waals surface area contributed by atoms with Crippen LogP contribution in [-0.4, -0.2) is 13.2 Å². The maximum Gasteiger partial charge on any atom is 0.161 e. The molecule has 1 aromatic rings. The molecule has 1 aromatic carbocycles. The molecular weight excluding hydrogens is 200 g/mol. The van der Waals surface area contributed by atoms with E-state index in [1.54, 1.807) is 0 Å². The molecule has 0 atom stereocenters. The van der Waals surface area contributed by atoms with Gasteiger partial charge in [-0.1, -0.05) is 40.2 Å². The first-order valence-corrected chi connectivity index (χ1v) is 6.14. The van der Waals surface area contributed by atoms with Gasteiger partial charge in [0.25, 0.3) is 0 Å². The van der Waals surface area contributed by atoms with E-state index in [9.17, 15) is 0 Å². The van der Waals surface area contributed by atoms with Crippen molar-refractivity contribution in [1.82, 2.24) is 0 Å². The lowest BCUT2D eigenvalue weighted by atomic mass is 10.2. The summed E-state index contributed by atoms with van der Waals surface area (Å²) in [5.74, 6) is 1.73. The Labute approximate surface area is 99.6 Å². The van der Waals surface area contributed by atoms with Crippen LogP contribution in [0.2, 0.25) is 0 Å². The monoisotopic (exact) mass is 224 g/mol. The Morgan fingerprint density at radius 3 is 2.06 bits per heavy atom. The molecule has 2 nitrogen and oxygen atoms in total. The molecule has 0 N–H and O–H groups in total. The van der Waals surface area contributed by atoms with E-state index in [4.69, 9.17) is 9.47 Å². The second-order valence-electron chi connectivity index (χ2n) is 3.35. The quantitative estimate of drug-likeness (QED) is 0.657. The van der Waals surface area contributed by atoms with Crippen molar-refractivity contribution in [3.63, 3.8) is 0 Å². The number of ether oxygens (including phenoxy) is 2. The van der Waals surface area contributed by atoms with Gasteiger partial charge < -0.3 is 9.47 Å². The van der Waals surface area contributed by atoms with Crippen LogP contribution in [0.4, 0.5) is 0 Å². The third-order valence-corrected chi connectivity index (χ3v) is 1.70. The second kappa shape index (κ2) is 9.08. The van der Waals surface area contributed by atoms with E-state index in [-0.39, 0.29) is 0 Å². The van der Waals surface area contributed by atoms with Crippen molar-refractivity contribution in [1.29, 1.82) is 0 Å². The lowest BCUT2D eigenvalue weighted by molar-refractivity contribution is 0.171. The summed E-state index contributed by atoms with van der Waals surface area (Å²) in [5, 5.41) is 0. The Bertz CT molecular complexity index is 282. The zero-order valence-corrected chi connectivity index (χ0v) is 11.2. The molecule has 1 heterocycles. The highest BCUT2D eigenvalue weighted by molar-refractivity contribution is 5.43. The van der Waals surface area contributed by atoms with Gasteiger partial charge in [0.05, 0.1) is 0 Å². The fourth-order valence-electron chi connectivity index (χ4n) is 1.15. The van der Waals surface area contributed by atoms with Crippen LogP contribution >= 0.6 is 0 Å². The molecule has 1 aliphatic heterocycles. The smallest absolute Gasteiger partial charge is 0.161 e. The SMILES string of the molecule is CC.CCC.Cc1ccc2c(c1)OCCO2. The van der Waals surface area contributed by atoms with Crippen LogP contribution in [0, 0.1) is 6.92 Å². The van der Waals surface area contributed by atoms with E-state index in [1.165, 1.54) is 12.0 Å². The lowest BCUT2D eigenvalue weighted by Crippen LogP contribution is -2.15. The summed E-state index contributed by atoms with van der Waals surface area (Å²) in [6.45, 7) is 11.6. The summed E-state index contributed by atoms with van der Waals surface area (Å²) < 4.78 is 10.7. The summed E-state index contributed by atoms with van der Waals surface area (Å²) in [5.41, 5.74) is 1.20. The fraction of sp³-hybridized carbons (Fsp3) is 0.571. The van der Waals surface area contributed by atoms with Gasteiger partial charge in [0.2, 0.25) is 0 Å². The van der Waals surface area contributed by atoms with E-state index < -0.39 is 0 Å². The number of hydrogen-bond donors (Lipinski definition) is 0. The van der Waals surface area contributed by atoms with Gasteiger partial charge in [0, 0.05) is 0 Å². The normalized spacial score (nSPS) is 11.6. The molecule has 0 aromatic heterocycles. The number of rotatable bonds is 0. The van der Waals surface area contributed by atoms with Gasteiger partial charge in [-0.3, -0.25) is 0 Å². The Morgan fingerprint density at radius 2 is 1.50 bits per heavy atom. The van der Waals surface area contributed by atoms with E-state index in [0.29, 0.717) is 13.2 Å². The van der Waals surface area contributed by atoms with Crippen molar-refractivity contribution in [2.75, 3.05) is 13.2 Å². The Morgan fingerprint density at radius 1 is 1.00 bits per heavy atom. The van der Waals surface area contributed by atoms with Crippen LogP contribution in [0.25, 0.3) is 0 Å². The maximum atomic E-state index is 5.38. The third-order valence-electron chi connectivity index (χ3n) is 1.70. The molecule has 92 valence electrons.